The predicted molar refractivity (Wildman–Crippen MR) is 81.4 cm³/mol. The van der Waals surface area contributed by atoms with Crippen LogP contribution in [0.2, 0.25) is 0 Å². The molecule has 21 heavy (non-hydrogen) atoms. The van der Waals surface area contributed by atoms with E-state index in [9.17, 15) is 4.79 Å². The fourth-order valence-electron chi connectivity index (χ4n) is 2.39. The highest BCUT2D eigenvalue weighted by atomic mass is 16.5. The third-order valence-electron chi connectivity index (χ3n) is 3.46. The van der Waals surface area contributed by atoms with Crippen LogP contribution in [0, 0.1) is 0 Å². The number of nitrogens with one attached hydrogen (secondary N) is 1. The molecule has 0 aromatic heterocycles. The molecule has 1 aliphatic rings. The molecule has 2 rings (SSSR count). The number of nitrogens with zero attached hydrogens (tertiary/aromatic N) is 1. The van der Waals surface area contributed by atoms with E-state index in [1.165, 1.54) is 5.56 Å². The summed E-state index contributed by atoms with van der Waals surface area (Å²) in [5.41, 5.74) is 1.24. The first-order valence-corrected chi connectivity index (χ1v) is 7.55. The van der Waals surface area contributed by atoms with Crippen LogP contribution < -0.4 is 5.32 Å². The maximum absolute atomic E-state index is 12.1. The van der Waals surface area contributed by atoms with Gasteiger partial charge < -0.3 is 19.7 Å². The second-order valence-corrected chi connectivity index (χ2v) is 5.06. The number of urea groups is 1. The molecule has 5 heteroatoms. The molecular weight excluding hydrogens is 268 g/mol. The Labute approximate surface area is 126 Å². The minimum Gasteiger partial charge on any atom is -0.380 e. The normalized spacial score (nSPS) is 18.5. The van der Waals surface area contributed by atoms with Crippen LogP contribution in [0.3, 0.4) is 0 Å². The molecule has 116 valence electrons. The van der Waals surface area contributed by atoms with Crippen molar-refractivity contribution < 1.29 is 14.3 Å². The summed E-state index contributed by atoms with van der Waals surface area (Å²) in [6.45, 7) is 5.59. The Hall–Kier alpha value is -1.59. The third kappa shape index (κ3) is 5.36. The van der Waals surface area contributed by atoms with Gasteiger partial charge in [-0.15, -0.1) is 0 Å². The number of amides is 2. The Morgan fingerprint density at radius 2 is 2.24 bits per heavy atom. The molecule has 1 aromatic carbocycles. The molecule has 1 N–H and O–H groups in total. The Morgan fingerprint density at radius 1 is 1.43 bits per heavy atom. The number of hydrogen-bond donors (Lipinski definition) is 1. The van der Waals surface area contributed by atoms with Crippen molar-refractivity contribution in [1.29, 1.82) is 0 Å². The minimum atomic E-state index is -0.0314. The zero-order valence-corrected chi connectivity index (χ0v) is 12.6. The molecule has 1 heterocycles. The van der Waals surface area contributed by atoms with Gasteiger partial charge in [0.1, 0.15) is 0 Å². The lowest BCUT2D eigenvalue weighted by atomic mass is 10.1. The summed E-state index contributed by atoms with van der Waals surface area (Å²) in [5.74, 6) is 0. The number of ether oxygens (including phenoxy) is 2. The van der Waals surface area contributed by atoms with Crippen LogP contribution in [0.4, 0.5) is 4.79 Å². The van der Waals surface area contributed by atoms with Crippen molar-refractivity contribution in [1.82, 2.24) is 10.2 Å². The Kier molecular flexibility index (Phi) is 6.50. The molecule has 0 radical (unpaired) electrons. The molecule has 0 bridgehead atoms. The summed E-state index contributed by atoms with van der Waals surface area (Å²) < 4.78 is 11.0. The predicted octanol–water partition coefficient (Wildman–Crippen LogP) is 1.68. The second kappa shape index (κ2) is 8.64. The van der Waals surface area contributed by atoms with Crippen LogP contribution in [0.15, 0.2) is 30.3 Å². The fourth-order valence-corrected chi connectivity index (χ4v) is 2.39. The average Bonchev–Trinajstić information content (AvgIpc) is 2.53. The molecule has 1 aromatic rings. The van der Waals surface area contributed by atoms with Crippen LogP contribution in [-0.4, -0.2) is 56.5 Å². The van der Waals surface area contributed by atoms with Crippen LogP contribution in [0.1, 0.15) is 12.5 Å². The van der Waals surface area contributed by atoms with Crippen molar-refractivity contribution >= 4 is 6.03 Å². The van der Waals surface area contributed by atoms with Gasteiger partial charge in [-0.25, -0.2) is 4.79 Å². The van der Waals surface area contributed by atoms with Crippen LogP contribution in [-0.2, 0) is 15.9 Å². The first-order valence-electron chi connectivity index (χ1n) is 7.55. The maximum Gasteiger partial charge on any atom is 0.317 e. The lowest BCUT2D eigenvalue weighted by molar-refractivity contribution is -0.0134. The van der Waals surface area contributed by atoms with Gasteiger partial charge in [-0.05, 0) is 12.5 Å². The highest BCUT2D eigenvalue weighted by Crippen LogP contribution is 2.11. The minimum absolute atomic E-state index is 0.0314. The molecular formula is C16H24N2O3. The van der Waals surface area contributed by atoms with Crippen molar-refractivity contribution in [2.24, 2.45) is 0 Å². The van der Waals surface area contributed by atoms with Gasteiger partial charge in [0.25, 0.3) is 0 Å². The highest BCUT2D eigenvalue weighted by Gasteiger charge is 2.24. The van der Waals surface area contributed by atoms with Gasteiger partial charge in [-0.2, -0.15) is 0 Å². The van der Waals surface area contributed by atoms with Gasteiger partial charge in [0.15, 0.2) is 0 Å². The first-order chi connectivity index (χ1) is 10.3. The monoisotopic (exact) mass is 292 g/mol. The van der Waals surface area contributed by atoms with E-state index in [1.54, 1.807) is 0 Å². The summed E-state index contributed by atoms with van der Waals surface area (Å²) >= 11 is 0. The molecule has 0 aliphatic carbocycles. The van der Waals surface area contributed by atoms with Gasteiger partial charge in [-0.3, -0.25) is 0 Å². The standard InChI is InChI=1S/C16H24N2O3/c1-2-20-10-8-17-16(19)18-9-11-21-15(13-18)12-14-6-4-3-5-7-14/h3-7,15H,2,8-13H2,1H3,(H,17,19). The zero-order chi connectivity index (χ0) is 14.9. The van der Waals surface area contributed by atoms with E-state index >= 15 is 0 Å². The summed E-state index contributed by atoms with van der Waals surface area (Å²) in [5, 5.41) is 2.88. The average molecular weight is 292 g/mol. The van der Waals surface area contributed by atoms with E-state index in [1.807, 2.05) is 30.0 Å². The zero-order valence-electron chi connectivity index (χ0n) is 12.6. The van der Waals surface area contributed by atoms with Crippen LogP contribution in [0.25, 0.3) is 0 Å². The molecule has 0 saturated carbocycles. The van der Waals surface area contributed by atoms with Gasteiger partial charge in [-0.1, -0.05) is 30.3 Å². The Morgan fingerprint density at radius 3 is 3.00 bits per heavy atom. The molecule has 1 atom stereocenters. The first kappa shape index (κ1) is 15.8. The molecule has 5 nitrogen and oxygen atoms in total. The van der Waals surface area contributed by atoms with Crippen molar-refractivity contribution in [3.05, 3.63) is 35.9 Å². The van der Waals surface area contributed by atoms with Crippen molar-refractivity contribution in [3.8, 4) is 0 Å². The molecule has 1 aliphatic heterocycles. The van der Waals surface area contributed by atoms with Crippen molar-refractivity contribution in [2.75, 3.05) is 39.5 Å². The maximum atomic E-state index is 12.1. The number of hydrogen-bond acceptors (Lipinski definition) is 3. The smallest absolute Gasteiger partial charge is 0.317 e. The number of morpholine rings is 1. The molecule has 1 fully saturated rings. The van der Waals surface area contributed by atoms with Gasteiger partial charge in [0.05, 0.1) is 19.3 Å². The van der Waals surface area contributed by atoms with Crippen LogP contribution >= 0.6 is 0 Å². The number of carbonyl (C=O) groups is 1. The highest BCUT2D eigenvalue weighted by molar-refractivity contribution is 5.74. The van der Waals surface area contributed by atoms with E-state index in [2.05, 4.69) is 17.4 Å². The largest absolute Gasteiger partial charge is 0.380 e. The lowest BCUT2D eigenvalue weighted by Gasteiger charge is -2.33. The Bertz CT molecular complexity index is 425. The second-order valence-electron chi connectivity index (χ2n) is 5.06. The van der Waals surface area contributed by atoms with E-state index in [4.69, 9.17) is 9.47 Å². The number of benzene rings is 1. The quantitative estimate of drug-likeness (QED) is 0.812. The SMILES string of the molecule is CCOCCNC(=O)N1CCOC(Cc2ccccc2)C1. The molecule has 0 spiro atoms. The summed E-state index contributed by atoms with van der Waals surface area (Å²) in [6, 6.07) is 10.2. The van der Waals surface area contributed by atoms with Crippen molar-refractivity contribution in [3.63, 3.8) is 0 Å². The molecule has 2 amide bonds. The van der Waals surface area contributed by atoms with E-state index in [-0.39, 0.29) is 12.1 Å². The third-order valence-corrected chi connectivity index (χ3v) is 3.46. The summed E-state index contributed by atoms with van der Waals surface area (Å²) in [6.07, 6.45) is 0.905. The van der Waals surface area contributed by atoms with E-state index in [0.717, 1.165) is 6.42 Å². The fraction of sp³-hybridized carbons (Fsp3) is 0.562. The van der Waals surface area contributed by atoms with E-state index < -0.39 is 0 Å². The number of carbonyl (C=O) groups excluding carboxylic acids is 1. The number of rotatable bonds is 6. The lowest BCUT2D eigenvalue weighted by Crippen LogP contribution is -2.50. The van der Waals surface area contributed by atoms with Gasteiger partial charge in [0, 0.05) is 32.7 Å². The summed E-state index contributed by atoms with van der Waals surface area (Å²) in [4.78, 5) is 13.9. The van der Waals surface area contributed by atoms with Crippen LogP contribution in [0.5, 0.6) is 0 Å². The van der Waals surface area contributed by atoms with Gasteiger partial charge >= 0.3 is 6.03 Å². The van der Waals surface area contributed by atoms with Gasteiger partial charge in [0.2, 0.25) is 0 Å². The topological polar surface area (TPSA) is 50.8 Å². The molecule has 1 unspecified atom stereocenters. The van der Waals surface area contributed by atoms with E-state index in [0.29, 0.717) is 39.5 Å². The molecule has 1 saturated heterocycles. The van der Waals surface area contributed by atoms with Crippen molar-refractivity contribution in [2.45, 2.75) is 19.4 Å². The summed E-state index contributed by atoms with van der Waals surface area (Å²) in [7, 11) is 0. The Balaban J connectivity index is 1.76.